The quantitative estimate of drug-likeness (QED) is 0.708. The van der Waals surface area contributed by atoms with Gasteiger partial charge in [-0.25, -0.2) is 0 Å². The number of rotatable bonds is 1. The summed E-state index contributed by atoms with van der Waals surface area (Å²) in [4.78, 5) is 0.337. The molecule has 0 saturated heterocycles. The largest absolute Gasteiger partial charge is 0.393 e. The van der Waals surface area contributed by atoms with E-state index in [1.165, 1.54) is 6.07 Å². The van der Waals surface area contributed by atoms with Gasteiger partial charge in [0.1, 0.15) is 0 Å². The van der Waals surface area contributed by atoms with Gasteiger partial charge in [0.25, 0.3) is 0 Å². The molecule has 0 radical (unpaired) electrons. The lowest BCUT2D eigenvalue weighted by molar-refractivity contribution is -0.126. The Bertz CT molecular complexity index is 240. The van der Waals surface area contributed by atoms with E-state index in [0.717, 1.165) is 15.1 Å². The van der Waals surface area contributed by atoms with Crippen LogP contribution in [0.4, 0.5) is 13.2 Å². The second-order valence-electron chi connectivity index (χ2n) is 2.00. The summed E-state index contributed by atoms with van der Waals surface area (Å²) in [5.41, 5.74) is 0. The van der Waals surface area contributed by atoms with Crippen molar-refractivity contribution < 1.29 is 13.2 Å². The van der Waals surface area contributed by atoms with E-state index in [1.54, 1.807) is 6.07 Å². The maximum absolute atomic E-state index is 11.7. The first-order chi connectivity index (χ1) is 4.97. The van der Waals surface area contributed by atoms with Crippen LogP contribution in [0.5, 0.6) is 0 Å². The van der Waals surface area contributed by atoms with E-state index >= 15 is 0 Å². The zero-order chi connectivity index (χ0) is 8.48. The van der Waals surface area contributed by atoms with Crippen LogP contribution < -0.4 is 0 Å². The summed E-state index contributed by atoms with van der Waals surface area (Å²) in [5, 5.41) is 0. The first-order valence-corrected chi connectivity index (χ1v) is 4.39. The molecule has 0 N–H and O–H groups in total. The maximum atomic E-state index is 11.7. The van der Waals surface area contributed by atoms with E-state index in [0.29, 0.717) is 4.88 Å². The molecule has 1 heterocycles. The number of hydrogen-bond acceptors (Lipinski definition) is 1. The SMILES string of the molecule is FC(F)(F)Cc1ccc(Br)s1. The van der Waals surface area contributed by atoms with Gasteiger partial charge >= 0.3 is 6.18 Å². The summed E-state index contributed by atoms with van der Waals surface area (Å²) in [6.07, 6.45) is -4.92. The fraction of sp³-hybridized carbons (Fsp3) is 0.333. The van der Waals surface area contributed by atoms with Crippen LogP contribution in [0.15, 0.2) is 15.9 Å². The summed E-state index contributed by atoms with van der Waals surface area (Å²) in [7, 11) is 0. The highest BCUT2D eigenvalue weighted by molar-refractivity contribution is 9.11. The molecule has 11 heavy (non-hydrogen) atoms. The van der Waals surface area contributed by atoms with Crippen LogP contribution in [0.1, 0.15) is 4.88 Å². The average molecular weight is 245 g/mol. The Morgan fingerprint density at radius 3 is 2.36 bits per heavy atom. The lowest BCUT2D eigenvalue weighted by Crippen LogP contribution is -2.09. The summed E-state index contributed by atoms with van der Waals surface area (Å²) in [6, 6.07) is 3.09. The van der Waals surface area contributed by atoms with Crippen molar-refractivity contribution in [3.63, 3.8) is 0 Å². The summed E-state index contributed by atoms with van der Waals surface area (Å²) < 4.78 is 36.0. The summed E-state index contributed by atoms with van der Waals surface area (Å²) in [6.45, 7) is 0. The van der Waals surface area contributed by atoms with Gasteiger partial charge in [0.2, 0.25) is 0 Å². The van der Waals surface area contributed by atoms with Crippen LogP contribution in [0.25, 0.3) is 0 Å². The van der Waals surface area contributed by atoms with Gasteiger partial charge in [-0.2, -0.15) is 13.2 Å². The van der Waals surface area contributed by atoms with Crippen molar-refractivity contribution >= 4 is 27.3 Å². The van der Waals surface area contributed by atoms with Gasteiger partial charge in [-0.05, 0) is 28.1 Å². The predicted octanol–water partition coefficient (Wildman–Crippen LogP) is 3.62. The molecular formula is C6H4BrF3S. The van der Waals surface area contributed by atoms with Crippen LogP contribution in [-0.2, 0) is 6.42 Å². The number of halogens is 4. The topological polar surface area (TPSA) is 0 Å². The predicted molar refractivity (Wildman–Crippen MR) is 41.8 cm³/mol. The third-order valence-corrected chi connectivity index (χ3v) is 2.63. The van der Waals surface area contributed by atoms with E-state index in [1.807, 2.05) is 0 Å². The molecule has 0 bridgehead atoms. The fourth-order valence-corrected chi connectivity index (χ4v) is 2.16. The highest BCUT2D eigenvalue weighted by atomic mass is 79.9. The standard InChI is InChI=1S/C6H4BrF3S/c7-5-2-1-4(11-5)3-6(8,9)10/h1-2H,3H2. The molecule has 1 aromatic heterocycles. The second kappa shape index (κ2) is 3.15. The first-order valence-electron chi connectivity index (χ1n) is 2.78. The van der Waals surface area contributed by atoms with Crippen molar-refractivity contribution in [2.45, 2.75) is 12.6 Å². The normalized spacial score (nSPS) is 12.0. The number of thiophene rings is 1. The smallest absolute Gasteiger partial charge is 0.171 e. The van der Waals surface area contributed by atoms with Gasteiger partial charge in [0.15, 0.2) is 0 Å². The minimum absolute atomic E-state index is 0.337. The Morgan fingerprint density at radius 2 is 2.00 bits per heavy atom. The molecule has 0 unspecified atom stereocenters. The highest BCUT2D eigenvalue weighted by Gasteiger charge is 2.28. The van der Waals surface area contributed by atoms with E-state index in [2.05, 4.69) is 15.9 Å². The molecule has 0 spiro atoms. The molecule has 1 aromatic rings. The van der Waals surface area contributed by atoms with Crippen molar-refractivity contribution in [1.82, 2.24) is 0 Å². The Morgan fingerprint density at radius 1 is 1.36 bits per heavy atom. The van der Waals surface area contributed by atoms with Gasteiger partial charge in [-0.1, -0.05) is 0 Å². The Balaban J connectivity index is 2.65. The van der Waals surface area contributed by atoms with Gasteiger partial charge in [0, 0.05) is 4.88 Å². The average Bonchev–Trinajstić information content (AvgIpc) is 2.10. The lowest BCUT2D eigenvalue weighted by atomic mass is 10.3. The maximum Gasteiger partial charge on any atom is 0.393 e. The van der Waals surface area contributed by atoms with Gasteiger partial charge in [-0.15, -0.1) is 11.3 Å². The zero-order valence-corrected chi connectivity index (χ0v) is 7.68. The third-order valence-electron chi connectivity index (χ3n) is 1.00. The summed E-state index contributed by atoms with van der Waals surface area (Å²) in [5.74, 6) is 0. The molecule has 0 amide bonds. The zero-order valence-electron chi connectivity index (χ0n) is 5.28. The van der Waals surface area contributed by atoms with E-state index in [9.17, 15) is 13.2 Å². The van der Waals surface area contributed by atoms with Crippen molar-refractivity contribution in [1.29, 1.82) is 0 Å². The number of alkyl halides is 3. The van der Waals surface area contributed by atoms with Crippen LogP contribution in [0.3, 0.4) is 0 Å². The lowest BCUT2D eigenvalue weighted by Gasteiger charge is -2.01. The van der Waals surface area contributed by atoms with Crippen LogP contribution in [-0.4, -0.2) is 6.18 Å². The highest BCUT2D eigenvalue weighted by Crippen LogP contribution is 2.28. The Labute approximate surface area is 74.2 Å². The monoisotopic (exact) mass is 244 g/mol. The third kappa shape index (κ3) is 3.25. The molecule has 0 aliphatic heterocycles. The molecule has 62 valence electrons. The molecule has 5 heteroatoms. The molecule has 0 nitrogen and oxygen atoms in total. The molecule has 0 fully saturated rings. The minimum Gasteiger partial charge on any atom is -0.171 e. The van der Waals surface area contributed by atoms with Crippen molar-refractivity contribution in [3.05, 3.63) is 20.8 Å². The van der Waals surface area contributed by atoms with Gasteiger partial charge in [-0.3, -0.25) is 0 Å². The first kappa shape index (κ1) is 9.06. The molecule has 0 atom stereocenters. The van der Waals surface area contributed by atoms with E-state index < -0.39 is 12.6 Å². The Kier molecular flexibility index (Phi) is 2.59. The van der Waals surface area contributed by atoms with Crippen molar-refractivity contribution in [2.24, 2.45) is 0 Å². The van der Waals surface area contributed by atoms with Gasteiger partial charge in [0.05, 0.1) is 10.2 Å². The van der Waals surface area contributed by atoms with E-state index in [4.69, 9.17) is 0 Å². The van der Waals surface area contributed by atoms with Crippen molar-refractivity contribution in [2.75, 3.05) is 0 Å². The second-order valence-corrected chi connectivity index (χ2v) is 4.55. The van der Waals surface area contributed by atoms with Gasteiger partial charge < -0.3 is 0 Å². The minimum atomic E-state index is -4.09. The fourth-order valence-electron chi connectivity index (χ4n) is 0.644. The summed E-state index contributed by atoms with van der Waals surface area (Å²) >= 11 is 4.20. The molecule has 1 rings (SSSR count). The molecule has 0 aliphatic carbocycles. The van der Waals surface area contributed by atoms with E-state index in [-0.39, 0.29) is 0 Å². The van der Waals surface area contributed by atoms with Crippen LogP contribution in [0.2, 0.25) is 0 Å². The molecule has 0 aromatic carbocycles. The molecule has 0 aliphatic rings. The molecular weight excluding hydrogens is 241 g/mol. The number of hydrogen-bond donors (Lipinski definition) is 0. The Hall–Kier alpha value is -0.0300. The van der Waals surface area contributed by atoms with Crippen LogP contribution in [0, 0.1) is 0 Å². The molecule has 0 saturated carbocycles. The van der Waals surface area contributed by atoms with Crippen LogP contribution >= 0.6 is 27.3 Å². The van der Waals surface area contributed by atoms with Crippen molar-refractivity contribution in [3.8, 4) is 0 Å².